The largest absolute Gasteiger partial charge is 0.481 e. The summed E-state index contributed by atoms with van der Waals surface area (Å²) >= 11 is 0. The number of hydrogen-bond acceptors (Lipinski definition) is 3. The molecule has 0 aliphatic rings. The van der Waals surface area contributed by atoms with E-state index < -0.39 is 24.0 Å². The zero-order valence-electron chi connectivity index (χ0n) is 12.2. The van der Waals surface area contributed by atoms with Crippen molar-refractivity contribution in [3.05, 3.63) is 66.1 Å². The number of aliphatic carboxylic acids is 1. The van der Waals surface area contributed by atoms with Gasteiger partial charge in [-0.15, -0.1) is 0 Å². The first-order valence-electron chi connectivity index (χ1n) is 6.99. The van der Waals surface area contributed by atoms with Crippen molar-refractivity contribution in [3.8, 4) is 0 Å². The molecule has 0 aliphatic heterocycles. The summed E-state index contributed by atoms with van der Waals surface area (Å²) in [5.74, 6) is -1.56. The van der Waals surface area contributed by atoms with Gasteiger partial charge in [0.15, 0.2) is 5.65 Å². The van der Waals surface area contributed by atoms with Crippen LogP contribution in [0.1, 0.15) is 17.7 Å². The fourth-order valence-corrected chi connectivity index (χ4v) is 2.86. The van der Waals surface area contributed by atoms with Crippen LogP contribution in [0.15, 0.2) is 54.9 Å². The van der Waals surface area contributed by atoms with Crippen LogP contribution in [-0.4, -0.2) is 31.9 Å². The lowest BCUT2D eigenvalue weighted by molar-refractivity contribution is -0.187. The minimum absolute atomic E-state index is 0.164. The van der Waals surface area contributed by atoms with Gasteiger partial charge in [0, 0.05) is 12.3 Å². The van der Waals surface area contributed by atoms with Crippen molar-refractivity contribution in [1.82, 2.24) is 14.6 Å². The molecule has 0 saturated heterocycles. The Kier molecular flexibility index (Phi) is 3.75. The topological polar surface area (TPSA) is 67.5 Å². The summed E-state index contributed by atoms with van der Waals surface area (Å²) in [6.45, 7) is 0. The molecule has 1 atom stereocenters. The Hall–Kier alpha value is -2.90. The lowest BCUT2D eigenvalue weighted by Gasteiger charge is -2.35. The molecule has 3 aromatic rings. The van der Waals surface area contributed by atoms with Gasteiger partial charge in [0.05, 0.1) is 18.3 Å². The van der Waals surface area contributed by atoms with E-state index in [2.05, 4.69) is 10.1 Å². The van der Waals surface area contributed by atoms with Crippen molar-refractivity contribution in [2.75, 3.05) is 0 Å². The molecule has 124 valence electrons. The summed E-state index contributed by atoms with van der Waals surface area (Å²) in [5, 5.41) is 13.1. The number of nitrogens with zero attached hydrogens (tertiary/aromatic N) is 3. The Morgan fingerprint density at radius 3 is 2.42 bits per heavy atom. The van der Waals surface area contributed by atoms with Crippen LogP contribution in [0.2, 0.25) is 0 Å². The molecule has 2 heterocycles. The molecule has 24 heavy (non-hydrogen) atoms. The highest BCUT2D eigenvalue weighted by Crippen LogP contribution is 2.48. The van der Waals surface area contributed by atoms with Crippen LogP contribution in [0, 0.1) is 0 Å². The zero-order valence-corrected chi connectivity index (χ0v) is 12.2. The Morgan fingerprint density at radius 1 is 1.08 bits per heavy atom. The molecule has 0 fully saturated rings. The van der Waals surface area contributed by atoms with E-state index in [1.165, 1.54) is 42.7 Å². The molecular formula is C16H12F3N3O2. The van der Waals surface area contributed by atoms with Gasteiger partial charge in [-0.3, -0.25) is 4.79 Å². The van der Waals surface area contributed by atoms with E-state index in [-0.39, 0.29) is 16.9 Å². The molecule has 0 amide bonds. The minimum Gasteiger partial charge on any atom is -0.481 e. The first-order chi connectivity index (χ1) is 11.4. The number of carbonyl (C=O) groups is 1. The monoisotopic (exact) mass is 335 g/mol. The maximum Gasteiger partial charge on any atom is 0.404 e. The SMILES string of the molecule is O=C(O)CC(c1ccccc1)(c1ccnc2ccnn12)C(F)(F)F. The maximum atomic E-state index is 14.2. The van der Waals surface area contributed by atoms with Crippen molar-refractivity contribution in [2.45, 2.75) is 18.0 Å². The van der Waals surface area contributed by atoms with Gasteiger partial charge in [0.1, 0.15) is 5.41 Å². The normalized spacial score (nSPS) is 14.5. The highest BCUT2D eigenvalue weighted by molar-refractivity contribution is 5.71. The van der Waals surface area contributed by atoms with Crippen LogP contribution in [0.4, 0.5) is 13.2 Å². The fraction of sp³-hybridized carbons (Fsp3) is 0.188. The Morgan fingerprint density at radius 2 is 1.79 bits per heavy atom. The van der Waals surface area contributed by atoms with Crippen molar-refractivity contribution in [3.63, 3.8) is 0 Å². The molecule has 5 nitrogen and oxygen atoms in total. The summed E-state index contributed by atoms with van der Waals surface area (Å²) in [5.41, 5.74) is -2.99. The Balaban J connectivity index is 2.41. The molecule has 0 spiro atoms. The second kappa shape index (κ2) is 5.63. The smallest absolute Gasteiger partial charge is 0.404 e. The van der Waals surface area contributed by atoms with Gasteiger partial charge in [-0.2, -0.15) is 18.3 Å². The lowest BCUT2D eigenvalue weighted by Crippen LogP contribution is -2.46. The first kappa shape index (κ1) is 16.0. The predicted octanol–water partition coefficient (Wildman–Crippen LogP) is 3.05. The molecule has 8 heteroatoms. The van der Waals surface area contributed by atoms with Gasteiger partial charge in [-0.25, -0.2) is 9.50 Å². The third-order valence-electron chi connectivity index (χ3n) is 3.89. The third kappa shape index (κ3) is 2.40. The quantitative estimate of drug-likeness (QED) is 0.796. The van der Waals surface area contributed by atoms with E-state index in [1.54, 1.807) is 6.07 Å². The second-order valence-corrected chi connectivity index (χ2v) is 5.27. The number of hydrogen-bond donors (Lipinski definition) is 1. The molecule has 1 N–H and O–H groups in total. The number of halogens is 3. The third-order valence-corrected chi connectivity index (χ3v) is 3.89. The number of aromatic nitrogens is 3. The molecule has 0 saturated carbocycles. The van der Waals surface area contributed by atoms with E-state index in [4.69, 9.17) is 0 Å². The number of rotatable bonds is 4. The molecule has 3 rings (SSSR count). The average Bonchev–Trinajstić information content (AvgIpc) is 3.00. The average molecular weight is 335 g/mol. The van der Waals surface area contributed by atoms with Crippen molar-refractivity contribution < 1.29 is 23.1 Å². The maximum absolute atomic E-state index is 14.2. The summed E-state index contributed by atoms with van der Waals surface area (Å²) < 4.78 is 43.7. The highest BCUT2D eigenvalue weighted by atomic mass is 19.4. The highest BCUT2D eigenvalue weighted by Gasteiger charge is 2.59. The second-order valence-electron chi connectivity index (χ2n) is 5.27. The molecule has 0 radical (unpaired) electrons. The standard InChI is InChI=1S/C16H12F3N3O2/c17-16(18,19)15(10-14(23)24,11-4-2-1-3-5-11)12-6-8-20-13-7-9-21-22(12)13/h1-9H,10H2,(H,23,24). The number of alkyl halides is 3. The van der Waals surface area contributed by atoms with Gasteiger partial charge < -0.3 is 5.11 Å². The fourth-order valence-electron chi connectivity index (χ4n) is 2.86. The van der Waals surface area contributed by atoms with E-state index in [0.717, 1.165) is 10.6 Å². The van der Waals surface area contributed by atoms with Crippen LogP contribution in [0.5, 0.6) is 0 Å². The van der Waals surface area contributed by atoms with Gasteiger partial charge in [-0.05, 0) is 11.6 Å². The van der Waals surface area contributed by atoms with Crippen LogP contribution < -0.4 is 0 Å². The number of carboxylic acid groups (broad SMARTS) is 1. The molecule has 2 aromatic heterocycles. The molecule has 0 aliphatic carbocycles. The Bertz CT molecular complexity index is 877. The van der Waals surface area contributed by atoms with Crippen molar-refractivity contribution >= 4 is 11.6 Å². The van der Waals surface area contributed by atoms with Crippen LogP contribution >= 0.6 is 0 Å². The first-order valence-corrected chi connectivity index (χ1v) is 6.99. The molecule has 1 aromatic carbocycles. The number of benzene rings is 1. The lowest BCUT2D eigenvalue weighted by atomic mass is 9.73. The van der Waals surface area contributed by atoms with Crippen molar-refractivity contribution in [2.24, 2.45) is 0 Å². The number of carboxylic acids is 1. The summed E-state index contributed by atoms with van der Waals surface area (Å²) in [4.78, 5) is 15.3. The summed E-state index contributed by atoms with van der Waals surface area (Å²) in [6.07, 6.45) is -3.47. The predicted molar refractivity (Wildman–Crippen MR) is 78.5 cm³/mol. The van der Waals surface area contributed by atoms with E-state index in [9.17, 15) is 23.1 Å². The Labute approximate surface area is 134 Å². The summed E-state index contributed by atoms with van der Waals surface area (Å²) in [6, 6.07) is 9.61. The van der Waals surface area contributed by atoms with Gasteiger partial charge in [0.2, 0.25) is 0 Å². The summed E-state index contributed by atoms with van der Waals surface area (Å²) in [7, 11) is 0. The molecule has 0 bridgehead atoms. The number of fused-ring (bicyclic) bond motifs is 1. The zero-order chi connectivity index (χ0) is 17.4. The van der Waals surface area contributed by atoms with Gasteiger partial charge in [-0.1, -0.05) is 30.3 Å². The minimum atomic E-state index is -4.85. The van der Waals surface area contributed by atoms with Crippen LogP contribution in [-0.2, 0) is 10.2 Å². The van der Waals surface area contributed by atoms with E-state index in [1.807, 2.05) is 0 Å². The molecular weight excluding hydrogens is 323 g/mol. The van der Waals surface area contributed by atoms with Gasteiger partial charge in [0.25, 0.3) is 0 Å². The van der Waals surface area contributed by atoms with Crippen LogP contribution in [0.3, 0.4) is 0 Å². The van der Waals surface area contributed by atoms with E-state index in [0.29, 0.717) is 0 Å². The van der Waals surface area contributed by atoms with Crippen LogP contribution in [0.25, 0.3) is 5.65 Å². The van der Waals surface area contributed by atoms with Crippen molar-refractivity contribution in [1.29, 1.82) is 0 Å². The molecule has 1 unspecified atom stereocenters. The van der Waals surface area contributed by atoms with Gasteiger partial charge >= 0.3 is 12.1 Å². The van der Waals surface area contributed by atoms with E-state index >= 15 is 0 Å².